The molecule has 0 heterocycles. The van der Waals surface area contributed by atoms with Crippen molar-refractivity contribution >= 4 is 49.2 Å². The van der Waals surface area contributed by atoms with Crippen molar-refractivity contribution in [1.29, 1.82) is 0 Å². The summed E-state index contributed by atoms with van der Waals surface area (Å²) in [6.07, 6.45) is 0. The number of benzene rings is 2. The van der Waals surface area contributed by atoms with E-state index in [1.54, 1.807) is 0 Å². The van der Waals surface area contributed by atoms with Crippen molar-refractivity contribution in [3.8, 4) is 0 Å². The molecule has 0 aromatic heterocycles. The van der Waals surface area contributed by atoms with Crippen molar-refractivity contribution in [2.75, 3.05) is 0 Å². The molecule has 0 fully saturated rings. The highest BCUT2D eigenvalue weighted by atomic mass is 79.9. The number of rotatable bonds is 2. The van der Waals surface area contributed by atoms with Crippen molar-refractivity contribution in [3.05, 3.63) is 67.1 Å². The van der Waals surface area contributed by atoms with Crippen molar-refractivity contribution in [3.63, 3.8) is 0 Å². The molecule has 0 radical (unpaired) electrons. The summed E-state index contributed by atoms with van der Waals surface area (Å²) in [6, 6.07) is 5.94. The van der Waals surface area contributed by atoms with Crippen LogP contribution in [0.5, 0.6) is 0 Å². The standard InChI is InChI=1S/C13H5Br2ClF2O/c14-9-2-1-6(17)3-7(9)13(19)8-4-11(16)10(15)5-12(8)18/h1-5H. The molecule has 0 aliphatic carbocycles. The fourth-order valence-corrected chi connectivity index (χ4v) is 2.42. The van der Waals surface area contributed by atoms with Crippen LogP contribution < -0.4 is 0 Å². The van der Waals surface area contributed by atoms with Crippen molar-refractivity contribution in [1.82, 2.24) is 0 Å². The summed E-state index contributed by atoms with van der Waals surface area (Å²) < 4.78 is 27.7. The number of ketones is 1. The van der Waals surface area contributed by atoms with Crippen LogP contribution >= 0.6 is 43.5 Å². The molecule has 0 aliphatic heterocycles. The second-order valence-corrected chi connectivity index (χ2v) is 5.82. The lowest BCUT2D eigenvalue weighted by molar-refractivity contribution is 0.103. The van der Waals surface area contributed by atoms with Crippen molar-refractivity contribution < 1.29 is 13.6 Å². The SMILES string of the molecule is O=C(c1cc(Cl)c(Br)cc1F)c1cc(F)ccc1Br. The Morgan fingerprint density at radius 2 is 1.68 bits per heavy atom. The van der Waals surface area contributed by atoms with Gasteiger partial charge in [-0.3, -0.25) is 4.79 Å². The third-order valence-electron chi connectivity index (χ3n) is 2.43. The number of carbonyl (C=O) groups excluding carboxylic acids is 1. The first kappa shape index (κ1) is 14.6. The lowest BCUT2D eigenvalue weighted by atomic mass is 10.0. The molecule has 0 saturated heterocycles. The minimum atomic E-state index is -0.725. The molecule has 0 amide bonds. The summed E-state index contributed by atoms with van der Waals surface area (Å²) >= 11 is 12.0. The first-order chi connectivity index (χ1) is 8.90. The monoisotopic (exact) mass is 408 g/mol. The van der Waals surface area contributed by atoms with Gasteiger partial charge in [-0.05, 0) is 46.3 Å². The quantitative estimate of drug-likeness (QED) is 0.480. The van der Waals surface area contributed by atoms with E-state index in [2.05, 4.69) is 31.9 Å². The Morgan fingerprint density at radius 3 is 2.37 bits per heavy atom. The fraction of sp³-hybridized carbons (Fsp3) is 0. The van der Waals surface area contributed by atoms with Gasteiger partial charge >= 0.3 is 0 Å². The normalized spacial score (nSPS) is 10.6. The van der Waals surface area contributed by atoms with E-state index in [0.29, 0.717) is 8.95 Å². The smallest absolute Gasteiger partial charge is 0.197 e. The average Bonchev–Trinajstić information content (AvgIpc) is 2.36. The van der Waals surface area contributed by atoms with Gasteiger partial charge in [0, 0.05) is 14.5 Å². The topological polar surface area (TPSA) is 17.1 Å². The molecule has 0 unspecified atom stereocenters. The van der Waals surface area contributed by atoms with Crippen LogP contribution in [0.25, 0.3) is 0 Å². The second kappa shape index (κ2) is 5.69. The Kier molecular flexibility index (Phi) is 4.38. The average molecular weight is 410 g/mol. The molecule has 98 valence electrons. The van der Waals surface area contributed by atoms with Gasteiger partial charge in [-0.1, -0.05) is 27.5 Å². The van der Waals surface area contributed by atoms with Gasteiger partial charge in [-0.25, -0.2) is 8.78 Å². The zero-order chi connectivity index (χ0) is 14.2. The number of hydrogen-bond acceptors (Lipinski definition) is 1. The molecule has 0 atom stereocenters. The Labute approximate surface area is 129 Å². The van der Waals surface area contributed by atoms with Crippen LogP contribution in [0.1, 0.15) is 15.9 Å². The van der Waals surface area contributed by atoms with E-state index in [1.165, 1.54) is 18.2 Å². The van der Waals surface area contributed by atoms with Crippen molar-refractivity contribution in [2.45, 2.75) is 0 Å². The van der Waals surface area contributed by atoms with Crippen LogP contribution in [-0.4, -0.2) is 5.78 Å². The molecule has 2 rings (SSSR count). The van der Waals surface area contributed by atoms with E-state index in [-0.39, 0.29) is 16.1 Å². The van der Waals surface area contributed by atoms with Crippen LogP contribution in [0, 0.1) is 11.6 Å². The summed E-state index contributed by atoms with van der Waals surface area (Å²) in [6.45, 7) is 0. The van der Waals surface area contributed by atoms with E-state index in [4.69, 9.17) is 11.6 Å². The molecule has 0 N–H and O–H groups in total. The molecule has 0 saturated carbocycles. The van der Waals surface area contributed by atoms with Gasteiger partial charge in [0.25, 0.3) is 0 Å². The van der Waals surface area contributed by atoms with Gasteiger partial charge in [0.15, 0.2) is 5.78 Å². The van der Waals surface area contributed by atoms with Gasteiger partial charge in [-0.15, -0.1) is 0 Å². The molecule has 2 aromatic carbocycles. The molecule has 0 spiro atoms. The van der Waals surface area contributed by atoms with Gasteiger partial charge in [0.05, 0.1) is 10.6 Å². The van der Waals surface area contributed by atoms with Crippen LogP contribution in [0.2, 0.25) is 5.02 Å². The molecular weight excluding hydrogens is 405 g/mol. The van der Waals surface area contributed by atoms with Gasteiger partial charge in [-0.2, -0.15) is 0 Å². The van der Waals surface area contributed by atoms with E-state index < -0.39 is 17.4 Å². The third-order valence-corrected chi connectivity index (χ3v) is 4.32. The van der Waals surface area contributed by atoms with E-state index in [0.717, 1.165) is 12.1 Å². The molecule has 19 heavy (non-hydrogen) atoms. The number of halogens is 5. The number of hydrogen-bond donors (Lipinski definition) is 0. The van der Waals surface area contributed by atoms with Crippen LogP contribution in [-0.2, 0) is 0 Å². The fourth-order valence-electron chi connectivity index (χ4n) is 1.51. The van der Waals surface area contributed by atoms with Gasteiger partial charge in [0.2, 0.25) is 0 Å². The molecule has 6 heteroatoms. The van der Waals surface area contributed by atoms with E-state index >= 15 is 0 Å². The van der Waals surface area contributed by atoms with Gasteiger partial charge in [0.1, 0.15) is 11.6 Å². The highest BCUT2D eigenvalue weighted by Gasteiger charge is 2.19. The largest absolute Gasteiger partial charge is 0.288 e. The first-order valence-electron chi connectivity index (χ1n) is 5.04. The Balaban J connectivity index is 2.56. The molecule has 1 nitrogen and oxygen atoms in total. The lowest BCUT2D eigenvalue weighted by Gasteiger charge is -2.07. The maximum atomic E-state index is 13.8. The summed E-state index contributed by atoms with van der Waals surface area (Å²) in [5.74, 6) is -1.94. The number of carbonyl (C=O) groups is 1. The summed E-state index contributed by atoms with van der Waals surface area (Å²) in [5, 5.41) is 0.206. The zero-order valence-electron chi connectivity index (χ0n) is 9.18. The van der Waals surface area contributed by atoms with E-state index in [9.17, 15) is 13.6 Å². The summed E-state index contributed by atoms with van der Waals surface area (Å²) in [5.41, 5.74) is -0.170. The van der Waals surface area contributed by atoms with Crippen LogP contribution in [0.4, 0.5) is 8.78 Å². The lowest BCUT2D eigenvalue weighted by Crippen LogP contribution is -2.06. The Bertz CT molecular complexity index is 674. The molecule has 2 aromatic rings. The van der Waals surface area contributed by atoms with Crippen molar-refractivity contribution in [2.24, 2.45) is 0 Å². The predicted molar refractivity (Wildman–Crippen MR) is 76.6 cm³/mol. The van der Waals surface area contributed by atoms with Crippen LogP contribution in [0.15, 0.2) is 39.3 Å². The minimum Gasteiger partial charge on any atom is -0.288 e. The van der Waals surface area contributed by atoms with E-state index in [1.807, 2.05) is 0 Å². The Hall–Kier alpha value is -0.780. The molecular formula is C13H5Br2ClF2O. The molecule has 0 bridgehead atoms. The first-order valence-corrected chi connectivity index (χ1v) is 7.01. The predicted octanol–water partition coefficient (Wildman–Crippen LogP) is 5.37. The second-order valence-electron chi connectivity index (χ2n) is 3.70. The highest BCUT2D eigenvalue weighted by Crippen LogP contribution is 2.28. The van der Waals surface area contributed by atoms with Gasteiger partial charge < -0.3 is 0 Å². The minimum absolute atomic E-state index is 0.0392. The third kappa shape index (κ3) is 3.04. The maximum Gasteiger partial charge on any atom is 0.197 e. The zero-order valence-corrected chi connectivity index (χ0v) is 13.1. The summed E-state index contributed by atoms with van der Waals surface area (Å²) in [7, 11) is 0. The summed E-state index contributed by atoms with van der Waals surface area (Å²) in [4.78, 5) is 12.2. The Morgan fingerprint density at radius 1 is 1.00 bits per heavy atom. The highest BCUT2D eigenvalue weighted by molar-refractivity contribution is 9.10. The maximum absolute atomic E-state index is 13.8. The molecule has 0 aliphatic rings. The van der Waals surface area contributed by atoms with Crippen LogP contribution in [0.3, 0.4) is 0 Å².